The lowest BCUT2D eigenvalue weighted by Gasteiger charge is -2.20. The van der Waals surface area contributed by atoms with Crippen molar-refractivity contribution in [1.29, 1.82) is 0 Å². The van der Waals surface area contributed by atoms with Gasteiger partial charge in [0.2, 0.25) is 0 Å². The first kappa shape index (κ1) is 20.2. The van der Waals surface area contributed by atoms with Gasteiger partial charge in [-0.15, -0.1) is 0 Å². The van der Waals surface area contributed by atoms with E-state index in [4.69, 9.17) is 9.47 Å². The summed E-state index contributed by atoms with van der Waals surface area (Å²) in [5.41, 5.74) is 1.95. The van der Waals surface area contributed by atoms with Crippen LogP contribution in [0.15, 0.2) is 109 Å². The molecule has 0 spiro atoms. The summed E-state index contributed by atoms with van der Waals surface area (Å²) in [6, 6.07) is 30.1. The second kappa shape index (κ2) is 10.1. The Balaban J connectivity index is 1.36. The Morgan fingerprint density at radius 3 is 1.94 bits per heavy atom. The van der Waals surface area contributed by atoms with Gasteiger partial charge in [-0.25, -0.2) is 0 Å². The number of carbonyl (C=O) groups is 1. The standard InChI is InChI=1S/C26H22N2O3/c29-25(28-26(20-7-3-1-4-8-20)21-15-17-27-18-16-21)19-30-22-11-13-24(14-12-22)31-23-9-5-2-6-10-23/h1-18,26H,19H2,(H,28,29). The molecule has 0 saturated carbocycles. The molecule has 0 fully saturated rings. The first-order valence-corrected chi connectivity index (χ1v) is 9.98. The van der Waals surface area contributed by atoms with Crippen LogP contribution < -0.4 is 14.8 Å². The third kappa shape index (κ3) is 5.70. The number of para-hydroxylation sites is 1. The number of pyridine rings is 1. The van der Waals surface area contributed by atoms with Crippen LogP contribution in [-0.4, -0.2) is 17.5 Å². The molecule has 154 valence electrons. The second-order valence-electron chi connectivity index (χ2n) is 6.87. The zero-order valence-corrected chi connectivity index (χ0v) is 16.8. The fraction of sp³-hybridized carbons (Fsp3) is 0.0769. The fourth-order valence-corrected chi connectivity index (χ4v) is 3.14. The summed E-state index contributed by atoms with van der Waals surface area (Å²) in [4.78, 5) is 16.7. The number of aromatic nitrogens is 1. The highest BCUT2D eigenvalue weighted by Crippen LogP contribution is 2.24. The van der Waals surface area contributed by atoms with Crippen molar-refractivity contribution in [3.05, 3.63) is 121 Å². The lowest BCUT2D eigenvalue weighted by atomic mass is 10.00. The third-order valence-electron chi connectivity index (χ3n) is 4.65. The van der Waals surface area contributed by atoms with Crippen LogP contribution in [0.5, 0.6) is 17.2 Å². The molecule has 4 rings (SSSR count). The molecule has 0 aliphatic rings. The van der Waals surface area contributed by atoms with Gasteiger partial charge in [-0.05, 0) is 59.7 Å². The average Bonchev–Trinajstić information content (AvgIpc) is 2.84. The number of nitrogens with one attached hydrogen (secondary N) is 1. The van der Waals surface area contributed by atoms with Crippen molar-refractivity contribution in [2.75, 3.05) is 6.61 Å². The summed E-state index contributed by atoms with van der Waals surface area (Å²) in [7, 11) is 0. The molecule has 1 unspecified atom stereocenters. The molecule has 0 bridgehead atoms. The van der Waals surface area contributed by atoms with Crippen molar-refractivity contribution in [2.24, 2.45) is 0 Å². The number of hydrogen-bond donors (Lipinski definition) is 1. The number of rotatable bonds is 8. The van der Waals surface area contributed by atoms with E-state index in [1.54, 1.807) is 24.5 Å². The minimum absolute atomic E-state index is 0.0900. The monoisotopic (exact) mass is 410 g/mol. The predicted octanol–water partition coefficient (Wildman–Crippen LogP) is 5.16. The number of nitrogens with zero attached hydrogens (tertiary/aromatic N) is 1. The van der Waals surface area contributed by atoms with Gasteiger partial charge >= 0.3 is 0 Å². The average molecular weight is 410 g/mol. The van der Waals surface area contributed by atoms with Crippen LogP contribution in [-0.2, 0) is 4.79 Å². The van der Waals surface area contributed by atoms with Gasteiger partial charge < -0.3 is 14.8 Å². The van der Waals surface area contributed by atoms with Crippen molar-refractivity contribution >= 4 is 5.91 Å². The van der Waals surface area contributed by atoms with Gasteiger partial charge in [0, 0.05) is 12.4 Å². The molecule has 1 atom stereocenters. The largest absolute Gasteiger partial charge is 0.484 e. The summed E-state index contributed by atoms with van der Waals surface area (Å²) >= 11 is 0. The molecule has 3 aromatic carbocycles. The number of hydrogen-bond acceptors (Lipinski definition) is 4. The summed E-state index contributed by atoms with van der Waals surface area (Å²) in [5, 5.41) is 3.05. The molecule has 5 nitrogen and oxygen atoms in total. The molecule has 0 radical (unpaired) electrons. The summed E-state index contributed by atoms with van der Waals surface area (Å²) in [6.45, 7) is -0.0900. The quantitative estimate of drug-likeness (QED) is 0.436. The molecule has 31 heavy (non-hydrogen) atoms. The van der Waals surface area contributed by atoms with Crippen LogP contribution in [0, 0.1) is 0 Å². The van der Waals surface area contributed by atoms with E-state index in [9.17, 15) is 4.79 Å². The minimum Gasteiger partial charge on any atom is -0.484 e. The Hall–Kier alpha value is -4.12. The molecular formula is C26H22N2O3. The van der Waals surface area contributed by atoms with Gasteiger partial charge in [-0.3, -0.25) is 9.78 Å². The van der Waals surface area contributed by atoms with Gasteiger partial charge in [0.25, 0.3) is 5.91 Å². The normalized spacial score (nSPS) is 11.4. The van der Waals surface area contributed by atoms with E-state index >= 15 is 0 Å². The maximum atomic E-state index is 12.6. The lowest BCUT2D eigenvalue weighted by molar-refractivity contribution is -0.123. The Bertz CT molecular complexity index is 1050. The van der Waals surface area contributed by atoms with Gasteiger partial charge in [0.05, 0.1) is 6.04 Å². The van der Waals surface area contributed by atoms with Crippen molar-refractivity contribution in [1.82, 2.24) is 10.3 Å². The second-order valence-corrected chi connectivity index (χ2v) is 6.87. The van der Waals surface area contributed by atoms with Crippen LogP contribution >= 0.6 is 0 Å². The number of ether oxygens (including phenoxy) is 2. The molecule has 1 amide bonds. The van der Waals surface area contributed by atoms with Crippen LogP contribution in [0.2, 0.25) is 0 Å². The SMILES string of the molecule is O=C(COc1ccc(Oc2ccccc2)cc1)NC(c1ccccc1)c1ccncc1. The fourth-order valence-electron chi connectivity index (χ4n) is 3.14. The van der Waals surface area contributed by atoms with Gasteiger partial charge in [0.15, 0.2) is 6.61 Å². The number of carbonyl (C=O) groups excluding carboxylic acids is 1. The smallest absolute Gasteiger partial charge is 0.258 e. The van der Waals surface area contributed by atoms with Gasteiger partial charge in [-0.1, -0.05) is 48.5 Å². The zero-order chi connectivity index (χ0) is 21.3. The van der Waals surface area contributed by atoms with E-state index < -0.39 is 0 Å². The summed E-state index contributed by atoms with van der Waals surface area (Å²) in [5.74, 6) is 1.84. The van der Waals surface area contributed by atoms with E-state index in [1.165, 1.54) is 0 Å². The maximum Gasteiger partial charge on any atom is 0.258 e. The predicted molar refractivity (Wildman–Crippen MR) is 119 cm³/mol. The molecule has 0 aliphatic carbocycles. The topological polar surface area (TPSA) is 60.5 Å². The Morgan fingerprint density at radius 2 is 1.26 bits per heavy atom. The first-order chi connectivity index (χ1) is 15.3. The van der Waals surface area contributed by atoms with Crippen LogP contribution in [0.1, 0.15) is 17.2 Å². The van der Waals surface area contributed by atoms with E-state index in [2.05, 4.69) is 10.3 Å². The maximum absolute atomic E-state index is 12.6. The highest BCUT2D eigenvalue weighted by Gasteiger charge is 2.17. The molecule has 1 aromatic heterocycles. The van der Waals surface area contributed by atoms with Crippen molar-refractivity contribution in [3.8, 4) is 17.2 Å². The van der Waals surface area contributed by atoms with Crippen molar-refractivity contribution in [2.45, 2.75) is 6.04 Å². The van der Waals surface area contributed by atoms with Crippen LogP contribution in [0.4, 0.5) is 0 Å². The lowest BCUT2D eigenvalue weighted by Crippen LogP contribution is -2.33. The van der Waals surface area contributed by atoms with E-state index in [0.717, 1.165) is 16.9 Å². The molecule has 0 saturated heterocycles. The van der Waals surface area contributed by atoms with Crippen LogP contribution in [0.25, 0.3) is 0 Å². The third-order valence-corrected chi connectivity index (χ3v) is 4.65. The molecule has 0 aliphatic heterocycles. The zero-order valence-electron chi connectivity index (χ0n) is 16.8. The molecule has 4 aromatic rings. The Morgan fingerprint density at radius 1 is 0.710 bits per heavy atom. The number of amides is 1. The molecule has 1 N–H and O–H groups in total. The van der Waals surface area contributed by atoms with E-state index in [-0.39, 0.29) is 18.6 Å². The van der Waals surface area contributed by atoms with E-state index in [0.29, 0.717) is 11.5 Å². The van der Waals surface area contributed by atoms with Crippen molar-refractivity contribution in [3.63, 3.8) is 0 Å². The minimum atomic E-state index is -0.276. The highest BCUT2D eigenvalue weighted by atomic mass is 16.5. The van der Waals surface area contributed by atoms with E-state index in [1.807, 2.05) is 84.9 Å². The van der Waals surface area contributed by atoms with Crippen molar-refractivity contribution < 1.29 is 14.3 Å². The molecule has 5 heteroatoms. The molecular weight excluding hydrogens is 388 g/mol. The van der Waals surface area contributed by atoms with Gasteiger partial charge in [-0.2, -0.15) is 0 Å². The number of benzene rings is 3. The first-order valence-electron chi connectivity index (χ1n) is 9.98. The van der Waals surface area contributed by atoms with Gasteiger partial charge in [0.1, 0.15) is 17.2 Å². The highest BCUT2D eigenvalue weighted by molar-refractivity contribution is 5.78. The summed E-state index contributed by atoms with van der Waals surface area (Å²) < 4.78 is 11.4. The summed E-state index contributed by atoms with van der Waals surface area (Å²) in [6.07, 6.45) is 3.43. The molecule has 1 heterocycles. The Labute approximate surface area is 181 Å². The Kier molecular flexibility index (Phi) is 6.55. The van der Waals surface area contributed by atoms with Crippen LogP contribution in [0.3, 0.4) is 0 Å².